The van der Waals surface area contributed by atoms with Crippen LogP contribution in [0.15, 0.2) is 222 Å². The van der Waals surface area contributed by atoms with Crippen LogP contribution >= 0.6 is 0 Å². The van der Waals surface area contributed by atoms with Gasteiger partial charge in [-0.1, -0.05) is 172 Å². The quantitative estimate of drug-likeness (QED) is 0.172. The number of hydrogen-bond acceptors (Lipinski definition) is 2. The lowest BCUT2D eigenvalue weighted by atomic mass is 9.81. The van der Waals surface area contributed by atoms with Gasteiger partial charge in [-0.15, -0.1) is 0 Å². The van der Waals surface area contributed by atoms with E-state index in [0.29, 0.717) is 0 Å². The summed E-state index contributed by atoms with van der Waals surface area (Å²) >= 11 is 0. The van der Waals surface area contributed by atoms with Gasteiger partial charge in [-0.05, 0) is 155 Å². The molecular formula is C65H42O2. The SMILES string of the molecule is C=C1c2cc(-c3ccccc3)ccc2-c2ccc(-c3ccc4oc5c(-c6ccccc6)c6oc7ccc(-c8ccc9c(c8)C(C)(C)c8cc(-c%10ccccc%10)ccc8-9)cc7c6cc5c4c3)cc21. The van der Waals surface area contributed by atoms with Crippen LogP contribution in [0.5, 0.6) is 0 Å². The molecule has 67 heavy (non-hydrogen) atoms. The fourth-order valence-electron chi connectivity index (χ4n) is 11.3. The highest BCUT2D eigenvalue weighted by Gasteiger charge is 2.36. The van der Waals surface area contributed by atoms with Gasteiger partial charge in [-0.3, -0.25) is 0 Å². The lowest BCUT2D eigenvalue weighted by molar-refractivity contribution is 0.658. The zero-order chi connectivity index (χ0) is 44.5. The van der Waals surface area contributed by atoms with Crippen molar-refractivity contribution in [3.63, 3.8) is 0 Å². The third kappa shape index (κ3) is 5.63. The van der Waals surface area contributed by atoms with Crippen molar-refractivity contribution in [1.29, 1.82) is 0 Å². The molecule has 0 amide bonds. The molecule has 14 rings (SSSR count). The zero-order valence-electron chi connectivity index (χ0n) is 37.2. The first-order chi connectivity index (χ1) is 32.9. The van der Waals surface area contributed by atoms with Crippen molar-refractivity contribution in [3.8, 4) is 77.9 Å². The molecule has 2 aromatic heterocycles. The van der Waals surface area contributed by atoms with E-state index in [0.717, 1.165) is 77.3 Å². The van der Waals surface area contributed by atoms with Crippen LogP contribution in [0.25, 0.3) is 127 Å². The highest BCUT2D eigenvalue weighted by atomic mass is 16.3. The van der Waals surface area contributed by atoms with Crippen LogP contribution in [-0.2, 0) is 5.41 Å². The molecule has 0 unspecified atom stereocenters. The van der Waals surface area contributed by atoms with Crippen molar-refractivity contribution in [1.82, 2.24) is 0 Å². The van der Waals surface area contributed by atoms with E-state index < -0.39 is 0 Å². The van der Waals surface area contributed by atoms with Crippen molar-refractivity contribution in [2.45, 2.75) is 19.3 Å². The molecule has 10 aromatic carbocycles. The lowest BCUT2D eigenvalue weighted by Crippen LogP contribution is -2.15. The van der Waals surface area contributed by atoms with E-state index in [1.165, 1.54) is 72.3 Å². The minimum Gasteiger partial charge on any atom is -0.455 e. The highest BCUT2D eigenvalue weighted by molar-refractivity contribution is 6.22. The van der Waals surface area contributed by atoms with Crippen LogP contribution in [0.2, 0.25) is 0 Å². The van der Waals surface area contributed by atoms with Gasteiger partial charge in [0.25, 0.3) is 0 Å². The Kier molecular flexibility index (Phi) is 7.92. The maximum absolute atomic E-state index is 6.87. The molecule has 0 N–H and O–H groups in total. The third-order valence-corrected chi connectivity index (χ3v) is 14.8. The second-order valence-electron chi connectivity index (χ2n) is 18.9. The van der Waals surface area contributed by atoms with E-state index in [9.17, 15) is 0 Å². The summed E-state index contributed by atoms with van der Waals surface area (Å²) in [6.07, 6.45) is 0. The number of benzene rings is 10. The molecule has 0 aliphatic heterocycles. The molecule has 12 aromatic rings. The first-order valence-corrected chi connectivity index (χ1v) is 23.2. The Hall–Kier alpha value is -8.46. The van der Waals surface area contributed by atoms with Crippen LogP contribution in [0.3, 0.4) is 0 Å². The Morgan fingerprint density at radius 1 is 0.313 bits per heavy atom. The van der Waals surface area contributed by atoms with Crippen LogP contribution in [-0.4, -0.2) is 0 Å². The summed E-state index contributed by atoms with van der Waals surface area (Å²) in [5.74, 6) is 0. The number of furan rings is 2. The minimum absolute atomic E-state index is 0.152. The minimum atomic E-state index is -0.152. The maximum Gasteiger partial charge on any atom is 0.147 e. The predicted molar refractivity (Wildman–Crippen MR) is 279 cm³/mol. The summed E-state index contributed by atoms with van der Waals surface area (Å²) < 4.78 is 13.7. The number of fused-ring (bicyclic) bond motifs is 12. The molecular weight excluding hydrogens is 813 g/mol. The fraction of sp³-hybridized carbons (Fsp3) is 0.0462. The molecule has 0 saturated carbocycles. The Morgan fingerprint density at radius 3 is 1.16 bits per heavy atom. The van der Waals surface area contributed by atoms with E-state index >= 15 is 0 Å². The van der Waals surface area contributed by atoms with E-state index in [1.54, 1.807) is 0 Å². The monoisotopic (exact) mass is 854 g/mol. The molecule has 0 spiro atoms. The van der Waals surface area contributed by atoms with Gasteiger partial charge in [-0.25, -0.2) is 0 Å². The van der Waals surface area contributed by atoms with Crippen molar-refractivity contribution in [2.75, 3.05) is 0 Å². The molecule has 2 nitrogen and oxygen atoms in total. The van der Waals surface area contributed by atoms with Crippen LogP contribution < -0.4 is 0 Å². The summed E-state index contributed by atoms with van der Waals surface area (Å²) in [4.78, 5) is 0. The average Bonchev–Trinajstić information content (AvgIpc) is 4.09. The lowest BCUT2D eigenvalue weighted by Gasteiger charge is -2.22. The molecule has 2 aliphatic carbocycles. The summed E-state index contributed by atoms with van der Waals surface area (Å²) in [5.41, 5.74) is 26.0. The van der Waals surface area contributed by atoms with Gasteiger partial charge >= 0.3 is 0 Å². The predicted octanol–water partition coefficient (Wildman–Crippen LogP) is 18.2. The van der Waals surface area contributed by atoms with Gasteiger partial charge in [0.05, 0.1) is 5.56 Å². The molecule has 2 aliphatic rings. The second-order valence-corrected chi connectivity index (χ2v) is 18.9. The Balaban J connectivity index is 0.883. The third-order valence-electron chi connectivity index (χ3n) is 14.8. The maximum atomic E-state index is 6.87. The first-order valence-electron chi connectivity index (χ1n) is 23.2. The molecule has 0 atom stereocenters. The van der Waals surface area contributed by atoms with E-state index in [2.05, 4.69) is 227 Å². The van der Waals surface area contributed by atoms with Crippen molar-refractivity contribution in [3.05, 3.63) is 235 Å². The molecule has 0 radical (unpaired) electrons. The van der Waals surface area contributed by atoms with Crippen molar-refractivity contribution in [2.24, 2.45) is 0 Å². The van der Waals surface area contributed by atoms with Crippen LogP contribution in [0.4, 0.5) is 0 Å². The molecule has 2 heteroatoms. The Labute approximate surface area is 388 Å². The average molecular weight is 855 g/mol. The first kappa shape index (κ1) is 37.9. The van der Waals surface area contributed by atoms with Gasteiger partial charge in [-0.2, -0.15) is 0 Å². The van der Waals surface area contributed by atoms with Gasteiger partial charge in [0, 0.05) is 27.0 Å². The van der Waals surface area contributed by atoms with Gasteiger partial charge < -0.3 is 8.83 Å². The van der Waals surface area contributed by atoms with Crippen molar-refractivity contribution < 1.29 is 8.83 Å². The molecule has 0 fully saturated rings. The normalized spacial score (nSPS) is 13.4. The van der Waals surface area contributed by atoms with Crippen molar-refractivity contribution >= 4 is 49.5 Å². The molecule has 314 valence electrons. The number of rotatable bonds is 5. The largest absolute Gasteiger partial charge is 0.455 e. The summed E-state index contributed by atoms with van der Waals surface area (Å²) in [6.45, 7) is 9.35. The van der Waals surface area contributed by atoms with Crippen LogP contribution in [0, 0.1) is 0 Å². The smallest absolute Gasteiger partial charge is 0.147 e. The standard InChI is InChI=1S/C65H42O2/c1-38-52-31-42(39-13-7-4-8-14-39)19-25-48(52)49-26-20-43(32-53(38)49)44-23-29-60-54(33-44)56-37-57-55-34-45(24-30-61(55)67-64(57)62(63(56)66-60)41-17-11-6-12-18-41)47-22-28-51-50-27-21-46(40-15-9-5-10-16-40)35-58(50)65(2,3)59(51)36-47/h4-37H,1H2,2-3H3. The Bertz CT molecular complexity index is 4050. The molecule has 0 saturated heterocycles. The number of hydrogen-bond donors (Lipinski definition) is 0. The van der Waals surface area contributed by atoms with E-state index in [4.69, 9.17) is 8.83 Å². The van der Waals surface area contributed by atoms with Gasteiger partial charge in [0.15, 0.2) is 0 Å². The summed E-state index contributed by atoms with van der Waals surface area (Å²) in [6, 6.07) is 74.9. The van der Waals surface area contributed by atoms with E-state index in [1.807, 2.05) is 0 Å². The summed E-state index contributed by atoms with van der Waals surface area (Å²) in [7, 11) is 0. The Morgan fingerprint density at radius 2 is 0.687 bits per heavy atom. The molecule has 2 heterocycles. The van der Waals surface area contributed by atoms with Gasteiger partial charge in [0.1, 0.15) is 22.3 Å². The second kappa shape index (κ2) is 14.0. The highest BCUT2D eigenvalue weighted by Crippen LogP contribution is 2.52. The zero-order valence-corrected chi connectivity index (χ0v) is 37.2. The van der Waals surface area contributed by atoms with E-state index in [-0.39, 0.29) is 5.41 Å². The molecule has 0 bridgehead atoms. The van der Waals surface area contributed by atoms with Gasteiger partial charge in [0.2, 0.25) is 0 Å². The fourth-order valence-corrected chi connectivity index (χ4v) is 11.3. The van der Waals surface area contributed by atoms with Crippen LogP contribution in [0.1, 0.15) is 36.1 Å². The summed E-state index contributed by atoms with van der Waals surface area (Å²) in [5, 5.41) is 4.29. The topological polar surface area (TPSA) is 26.3 Å².